The number of fused-ring (bicyclic) bond motifs is 1. The molecule has 0 fully saturated rings. The number of rotatable bonds is 5. The van der Waals surface area contributed by atoms with Gasteiger partial charge in [0.15, 0.2) is 6.61 Å². The van der Waals surface area contributed by atoms with Crippen molar-refractivity contribution in [2.75, 3.05) is 11.9 Å². The molecule has 2 aromatic rings. The predicted octanol–water partition coefficient (Wildman–Crippen LogP) is 1.53. The minimum Gasteiger partial charge on any atom is -0.455 e. The highest BCUT2D eigenvalue weighted by Crippen LogP contribution is 2.37. The van der Waals surface area contributed by atoms with Crippen LogP contribution in [0.15, 0.2) is 58.3 Å². The predicted molar refractivity (Wildman–Crippen MR) is 97.2 cm³/mol. The maximum atomic E-state index is 12.1. The second-order valence-electron chi connectivity index (χ2n) is 5.65. The lowest BCUT2D eigenvalue weighted by atomic mass is 10.1. The fourth-order valence-corrected chi connectivity index (χ4v) is 4.24. The first-order chi connectivity index (χ1) is 12.3. The molecule has 1 amide bonds. The number of hydrogen-bond acceptors (Lipinski definition) is 6. The van der Waals surface area contributed by atoms with Crippen LogP contribution in [-0.4, -0.2) is 32.2 Å². The molecule has 0 bridgehead atoms. The molecule has 0 aliphatic carbocycles. The molecule has 26 heavy (non-hydrogen) atoms. The Morgan fingerprint density at radius 3 is 2.69 bits per heavy atom. The van der Waals surface area contributed by atoms with Gasteiger partial charge in [-0.1, -0.05) is 24.3 Å². The maximum Gasteiger partial charge on any atom is 0.320 e. The number of thioether (sulfide) groups is 1. The zero-order chi connectivity index (χ0) is 18.7. The molecule has 1 atom stereocenters. The summed E-state index contributed by atoms with van der Waals surface area (Å²) in [7, 11) is -3.86. The molecule has 9 heteroatoms. The topological polar surface area (TPSA) is 116 Å². The van der Waals surface area contributed by atoms with Crippen molar-refractivity contribution in [3.05, 3.63) is 54.1 Å². The van der Waals surface area contributed by atoms with E-state index in [1.54, 1.807) is 0 Å². The lowest BCUT2D eigenvalue weighted by molar-refractivity contribution is -0.146. The molecule has 3 rings (SSSR count). The Bertz CT molecular complexity index is 934. The number of carbonyl (C=O) groups is 2. The SMILES string of the molecule is NS(=O)(=O)c1cccc(NC(=O)COC(=O)C2Cc3ccccc3S2)c1. The van der Waals surface area contributed by atoms with Crippen LogP contribution in [-0.2, 0) is 30.8 Å². The number of nitrogens with two attached hydrogens (primary N) is 1. The van der Waals surface area contributed by atoms with Gasteiger partial charge in [-0.2, -0.15) is 0 Å². The number of ether oxygens (including phenoxy) is 1. The third kappa shape index (κ3) is 4.43. The number of sulfonamides is 1. The highest BCUT2D eigenvalue weighted by atomic mass is 32.2. The van der Waals surface area contributed by atoms with Gasteiger partial charge in [-0.05, 0) is 36.2 Å². The van der Waals surface area contributed by atoms with E-state index in [-0.39, 0.29) is 15.8 Å². The summed E-state index contributed by atoms with van der Waals surface area (Å²) in [5.74, 6) is -1.02. The normalized spacial score (nSPS) is 16.0. The van der Waals surface area contributed by atoms with Gasteiger partial charge in [0, 0.05) is 10.6 Å². The fraction of sp³-hybridized carbons (Fsp3) is 0.176. The smallest absolute Gasteiger partial charge is 0.320 e. The second-order valence-corrected chi connectivity index (χ2v) is 8.45. The van der Waals surface area contributed by atoms with Gasteiger partial charge in [0.2, 0.25) is 10.0 Å². The van der Waals surface area contributed by atoms with Gasteiger partial charge in [0.05, 0.1) is 4.90 Å². The van der Waals surface area contributed by atoms with E-state index >= 15 is 0 Å². The van der Waals surface area contributed by atoms with Crippen molar-refractivity contribution >= 4 is 39.3 Å². The molecule has 0 saturated carbocycles. The molecule has 0 aromatic heterocycles. The highest BCUT2D eigenvalue weighted by Gasteiger charge is 2.29. The van der Waals surface area contributed by atoms with Crippen molar-refractivity contribution in [1.29, 1.82) is 0 Å². The number of anilines is 1. The number of benzene rings is 2. The quantitative estimate of drug-likeness (QED) is 0.746. The minimum absolute atomic E-state index is 0.118. The van der Waals surface area contributed by atoms with Crippen molar-refractivity contribution in [1.82, 2.24) is 0 Å². The van der Waals surface area contributed by atoms with Crippen LogP contribution >= 0.6 is 11.8 Å². The molecule has 3 N–H and O–H groups in total. The van der Waals surface area contributed by atoms with Crippen LogP contribution in [0.2, 0.25) is 0 Å². The summed E-state index contributed by atoms with van der Waals surface area (Å²) in [5, 5.41) is 7.15. The van der Waals surface area contributed by atoms with Crippen LogP contribution in [0, 0.1) is 0 Å². The second kappa shape index (κ2) is 7.48. The third-order valence-electron chi connectivity index (χ3n) is 3.70. The van der Waals surface area contributed by atoms with Crippen molar-refractivity contribution in [2.45, 2.75) is 21.5 Å². The summed E-state index contributed by atoms with van der Waals surface area (Å²) < 4.78 is 27.7. The Morgan fingerprint density at radius 1 is 1.19 bits per heavy atom. The molecule has 0 spiro atoms. The first kappa shape index (κ1) is 18.4. The highest BCUT2D eigenvalue weighted by molar-refractivity contribution is 8.01. The molecule has 1 unspecified atom stereocenters. The molecule has 1 aliphatic heterocycles. The Balaban J connectivity index is 1.53. The summed E-state index contributed by atoms with van der Waals surface area (Å²) in [6.07, 6.45) is 0.567. The largest absolute Gasteiger partial charge is 0.455 e. The summed E-state index contributed by atoms with van der Waals surface area (Å²) in [6.45, 7) is -0.453. The van der Waals surface area contributed by atoms with E-state index in [1.165, 1.54) is 36.0 Å². The monoisotopic (exact) mass is 392 g/mol. The summed E-state index contributed by atoms with van der Waals surface area (Å²) >= 11 is 1.42. The lowest BCUT2D eigenvalue weighted by Crippen LogP contribution is -2.26. The average molecular weight is 392 g/mol. The van der Waals surface area contributed by atoms with Crippen LogP contribution in [0.25, 0.3) is 0 Å². The molecule has 1 heterocycles. The van der Waals surface area contributed by atoms with E-state index < -0.39 is 28.5 Å². The lowest BCUT2D eigenvalue weighted by Gasteiger charge is -2.10. The molecule has 1 aliphatic rings. The average Bonchev–Trinajstić information content (AvgIpc) is 3.03. The molecular weight excluding hydrogens is 376 g/mol. The van der Waals surface area contributed by atoms with E-state index in [0.717, 1.165) is 10.5 Å². The van der Waals surface area contributed by atoms with E-state index in [4.69, 9.17) is 9.88 Å². The van der Waals surface area contributed by atoms with E-state index in [2.05, 4.69) is 5.32 Å². The molecule has 7 nitrogen and oxygen atoms in total. The first-order valence-corrected chi connectivity index (χ1v) is 10.1. The van der Waals surface area contributed by atoms with Crippen molar-refractivity contribution in [3.8, 4) is 0 Å². The molecule has 2 aromatic carbocycles. The minimum atomic E-state index is -3.86. The van der Waals surface area contributed by atoms with Gasteiger partial charge in [-0.15, -0.1) is 11.8 Å². The van der Waals surface area contributed by atoms with Crippen molar-refractivity contribution < 1.29 is 22.7 Å². The summed E-state index contributed by atoms with van der Waals surface area (Å²) in [6, 6.07) is 13.2. The van der Waals surface area contributed by atoms with E-state index in [9.17, 15) is 18.0 Å². The van der Waals surface area contributed by atoms with E-state index in [1.807, 2.05) is 24.3 Å². The number of nitrogens with one attached hydrogen (secondary N) is 1. The van der Waals surface area contributed by atoms with Crippen LogP contribution < -0.4 is 10.5 Å². The van der Waals surface area contributed by atoms with Crippen LogP contribution in [0.1, 0.15) is 5.56 Å². The van der Waals surface area contributed by atoms with Gasteiger partial charge in [0.1, 0.15) is 5.25 Å². The zero-order valence-electron chi connectivity index (χ0n) is 13.5. The number of amides is 1. The molecular formula is C17H16N2O5S2. The van der Waals surface area contributed by atoms with Crippen molar-refractivity contribution in [3.63, 3.8) is 0 Å². The van der Waals surface area contributed by atoms with Crippen LogP contribution in [0.3, 0.4) is 0 Å². The number of hydrogen-bond donors (Lipinski definition) is 2. The maximum absolute atomic E-state index is 12.1. The number of esters is 1. The van der Waals surface area contributed by atoms with Gasteiger partial charge in [-0.25, -0.2) is 13.6 Å². The van der Waals surface area contributed by atoms with Crippen LogP contribution in [0.4, 0.5) is 5.69 Å². The van der Waals surface area contributed by atoms with Crippen LogP contribution in [0.5, 0.6) is 0 Å². The Hall–Kier alpha value is -2.36. The molecule has 0 saturated heterocycles. The summed E-state index contributed by atoms with van der Waals surface area (Å²) in [4.78, 5) is 25.0. The number of primary sulfonamides is 1. The van der Waals surface area contributed by atoms with Crippen molar-refractivity contribution in [2.24, 2.45) is 5.14 Å². The zero-order valence-corrected chi connectivity index (χ0v) is 15.2. The van der Waals surface area contributed by atoms with Gasteiger partial charge in [0.25, 0.3) is 5.91 Å². The van der Waals surface area contributed by atoms with Gasteiger partial charge in [-0.3, -0.25) is 9.59 Å². The Kier molecular flexibility index (Phi) is 5.30. The Morgan fingerprint density at radius 2 is 1.96 bits per heavy atom. The van der Waals surface area contributed by atoms with E-state index in [0.29, 0.717) is 6.42 Å². The summed E-state index contributed by atoms with van der Waals surface area (Å²) in [5.41, 5.74) is 1.34. The molecule has 136 valence electrons. The first-order valence-electron chi connectivity index (χ1n) is 7.67. The number of carbonyl (C=O) groups excluding carboxylic acids is 2. The standard InChI is InChI=1S/C17H16N2O5S2/c18-26(22,23)13-6-3-5-12(9-13)19-16(20)10-24-17(21)15-8-11-4-1-2-7-14(11)25-15/h1-7,9,15H,8,10H2,(H,19,20)(H2,18,22,23). The van der Waals surface area contributed by atoms with Gasteiger partial charge >= 0.3 is 5.97 Å². The fourth-order valence-electron chi connectivity index (χ4n) is 2.49. The third-order valence-corrected chi connectivity index (χ3v) is 5.91. The molecule has 0 radical (unpaired) electrons. The Labute approximate surface area is 155 Å². The van der Waals surface area contributed by atoms with Gasteiger partial charge < -0.3 is 10.1 Å².